The molecule has 2 aliphatic rings. The molecule has 30 heavy (non-hydrogen) atoms. The number of piperidine rings is 1. The number of fused-ring (bicyclic) bond motifs is 2. The third-order valence-electron chi connectivity index (χ3n) is 5.57. The summed E-state index contributed by atoms with van der Waals surface area (Å²) in [5.41, 5.74) is 2.22. The summed E-state index contributed by atoms with van der Waals surface area (Å²) < 4.78 is 33.9. The van der Waals surface area contributed by atoms with E-state index in [9.17, 15) is 18.4 Å². The Hall–Kier alpha value is -3.43. The fraction of sp³-hybridized carbons (Fsp3) is 0.350. The van der Waals surface area contributed by atoms with Gasteiger partial charge >= 0.3 is 5.69 Å². The fourth-order valence-corrected chi connectivity index (χ4v) is 3.90. The molecule has 0 unspecified atom stereocenters. The smallest absolute Gasteiger partial charge is 0.347 e. The zero-order valence-electron chi connectivity index (χ0n) is 16.0. The Balaban J connectivity index is 1.42. The van der Waals surface area contributed by atoms with Crippen LogP contribution >= 0.6 is 0 Å². The van der Waals surface area contributed by atoms with Gasteiger partial charge in [-0.1, -0.05) is 0 Å². The molecule has 2 aromatic heterocycles. The average Bonchev–Trinajstić information content (AvgIpc) is 3.12. The predicted molar refractivity (Wildman–Crippen MR) is 105 cm³/mol. The van der Waals surface area contributed by atoms with E-state index in [2.05, 4.69) is 10.2 Å². The molecule has 5 rings (SSSR count). The number of carbonyl (C=O) groups excluding carboxylic acids is 1. The molecular weight excluding hydrogens is 396 g/mol. The van der Waals surface area contributed by atoms with E-state index >= 15 is 0 Å². The number of alkyl halides is 2. The maximum Gasteiger partial charge on any atom is 0.347 e. The van der Waals surface area contributed by atoms with E-state index in [1.165, 1.54) is 9.30 Å². The molecule has 0 saturated carbocycles. The Morgan fingerprint density at radius 1 is 1.13 bits per heavy atom. The second kappa shape index (κ2) is 6.82. The minimum absolute atomic E-state index is 0.0406. The van der Waals surface area contributed by atoms with Gasteiger partial charge in [0.05, 0.1) is 12.2 Å². The molecule has 1 aromatic carbocycles. The number of H-pyrrole nitrogens is 1. The highest BCUT2D eigenvalue weighted by Gasteiger charge is 2.36. The van der Waals surface area contributed by atoms with E-state index in [1.807, 2.05) is 11.0 Å². The number of likely N-dealkylation sites (tertiary alicyclic amines) is 1. The van der Waals surface area contributed by atoms with E-state index in [4.69, 9.17) is 4.74 Å². The number of aromatic amines is 1. The lowest BCUT2D eigenvalue weighted by Gasteiger charge is -2.33. The van der Waals surface area contributed by atoms with Gasteiger partial charge in [-0.15, -0.1) is 0 Å². The molecule has 10 heteroatoms. The first kappa shape index (κ1) is 18.6. The molecule has 2 aliphatic heterocycles. The minimum Gasteiger partial charge on any atom is -0.490 e. The summed E-state index contributed by atoms with van der Waals surface area (Å²) in [6.45, 7) is 1.09. The molecule has 8 nitrogen and oxygen atoms in total. The van der Waals surface area contributed by atoms with Crippen molar-refractivity contribution in [1.82, 2.24) is 19.5 Å². The summed E-state index contributed by atoms with van der Waals surface area (Å²) in [5.74, 6) is -2.42. The highest BCUT2D eigenvalue weighted by molar-refractivity contribution is 5.95. The number of pyridine rings is 1. The molecule has 1 N–H and O–H groups in total. The van der Waals surface area contributed by atoms with E-state index < -0.39 is 5.92 Å². The lowest BCUT2D eigenvalue weighted by molar-refractivity contribution is -0.0494. The highest BCUT2D eigenvalue weighted by atomic mass is 19.3. The second-order valence-electron chi connectivity index (χ2n) is 7.47. The third-order valence-corrected chi connectivity index (χ3v) is 5.57. The number of carbonyl (C=O) groups is 1. The van der Waals surface area contributed by atoms with Crippen molar-refractivity contribution in [2.45, 2.75) is 18.8 Å². The number of ether oxygens (including phenoxy) is 1. The van der Waals surface area contributed by atoms with Crippen molar-refractivity contribution in [1.29, 1.82) is 0 Å². The summed E-state index contributed by atoms with van der Waals surface area (Å²) in [6.07, 6.45) is 1.02. The van der Waals surface area contributed by atoms with Gasteiger partial charge in [0, 0.05) is 49.4 Å². The van der Waals surface area contributed by atoms with Gasteiger partial charge in [0.1, 0.15) is 12.4 Å². The quantitative estimate of drug-likeness (QED) is 0.695. The minimum atomic E-state index is -2.70. The summed E-state index contributed by atoms with van der Waals surface area (Å²) in [5, 5.41) is 6.40. The van der Waals surface area contributed by atoms with E-state index in [1.54, 1.807) is 30.5 Å². The Kier molecular flexibility index (Phi) is 4.23. The standard InChI is InChI=1S/C20H19F2N5O3/c21-20(22)4-7-25(8-5-20)18(28)13-1-2-15-16(11-13)30-10-9-26(15)14-3-6-27-17(12-14)23-24-19(27)29/h1-3,6,11-12H,4-5,7-10H2,(H,24,29). The van der Waals surface area contributed by atoms with Crippen LogP contribution in [0.2, 0.25) is 0 Å². The number of aromatic nitrogens is 3. The van der Waals surface area contributed by atoms with Crippen molar-refractivity contribution < 1.29 is 18.3 Å². The monoisotopic (exact) mass is 415 g/mol. The van der Waals surface area contributed by atoms with Gasteiger partial charge in [-0.2, -0.15) is 5.10 Å². The predicted octanol–water partition coefficient (Wildman–Crippen LogP) is 2.42. The zero-order valence-corrected chi connectivity index (χ0v) is 16.0. The molecule has 0 atom stereocenters. The van der Waals surface area contributed by atoms with Gasteiger partial charge in [0.15, 0.2) is 5.65 Å². The lowest BCUT2D eigenvalue weighted by atomic mass is 10.0. The first-order valence-corrected chi connectivity index (χ1v) is 9.70. The molecule has 1 fully saturated rings. The number of hydrogen-bond donors (Lipinski definition) is 1. The Bertz CT molecular complexity index is 1180. The number of anilines is 2. The maximum atomic E-state index is 13.4. The summed E-state index contributed by atoms with van der Waals surface area (Å²) in [4.78, 5) is 27.9. The van der Waals surface area contributed by atoms with Crippen LogP contribution in [0, 0.1) is 0 Å². The maximum absolute atomic E-state index is 13.4. The topological polar surface area (TPSA) is 82.9 Å². The first-order chi connectivity index (χ1) is 14.4. The van der Waals surface area contributed by atoms with Crippen molar-refractivity contribution in [2.24, 2.45) is 0 Å². The number of benzene rings is 1. The zero-order chi connectivity index (χ0) is 20.9. The SMILES string of the molecule is O=C(c1ccc2c(c1)OCCN2c1ccn2c(=O)[nH]nc2c1)N1CCC(F)(F)CC1. The number of nitrogens with one attached hydrogen (secondary N) is 1. The van der Waals surface area contributed by atoms with Crippen LogP contribution in [0.4, 0.5) is 20.2 Å². The number of nitrogens with zero attached hydrogens (tertiary/aromatic N) is 4. The van der Waals surface area contributed by atoms with Gasteiger partial charge in [-0.05, 0) is 24.3 Å². The Morgan fingerprint density at radius 3 is 2.73 bits per heavy atom. The molecule has 0 bridgehead atoms. The molecular formula is C20H19F2N5O3. The van der Waals surface area contributed by atoms with Crippen molar-refractivity contribution in [3.8, 4) is 5.75 Å². The van der Waals surface area contributed by atoms with Gasteiger partial charge in [0.2, 0.25) is 0 Å². The normalized spacial score (nSPS) is 18.2. The second-order valence-corrected chi connectivity index (χ2v) is 7.47. The van der Waals surface area contributed by atoms with Crippen LogP contribution in [-0.2, 0) is 0 Å². The largest absolute Gasteiger partial charge is 0.490 e. The number of amides is 1. The molecule has 4 heterocycles. The average molecular weight is 415 g/mol. The van der Waals surface area contributed by atoms with Crippen LogP contribution in [-0.4, -0.2) is 57.6 Å². The summed E-state index contributed by atoms with van der Waals surface area (Å²) >= 11 is 0. The van der Waals surface area contributed by atoms with E-state index in [-0.39, 0.29) is 37.5 Å². The van der Waals surface area contributed by atoms with Gasteiger partial charge in [0.25, 0.3) is 11.8 Å². The van der Waals surface area contributed by atoms with Gasteiger partial charge in [-0.3, -0.25) is 9.20 Å². The number of halogens is 2. The van der Waals surface area contributed by atoms with Crippen LogP contribution in [0.25, 0.3) is 5.65 Å². The summed E-state index contributed by atoms with van der Waals surface area (Å²) in [6, 6.07) is 8.74. The van der Waals surface area contributed by atoms with Crippen LogP contribution in [0.3, 0.4) is 0 Å². The fourth-order valence-electron chi connectivity index (χ4n) is 3.90. The molecule has 0 spiro atoms. The van der Waals surface area contributed by atoms with Crippen LogP contribution in [0.15, 0.2) is 41.3 Å². The molecule has 1 saturated heterocycles. The highest BCUT2D eigenvalue weighted by Crippen LogP contribution is 2.38. The number of hydrogen-bond acceptors (Lipinski definition) is 5. The van der Waals surface area contributed by atoms with Crippen molar-refractivity contribution in [3.05, 3.63) is 52.6 Å². The molecule has 1 amide bonds. The Morgan fingerprint density at radius 2 is 1.93 bits per heavy atom. The van der Waals surface area contributed by atoms with E-state index in [0.717, 1.165) is 11.4 Å². The first-order valence-electron chi connectivity index (χ1n) is 9.70. The lowest BCUT2D eigenvalue weighted by Crippen LogP contribution is -2.42. The molecule has 156 valence electrons. The molecule has 3 aromatic rings. The van der Waals surface area contributed by atoms with Crippen LogP contribution < -0.4 is 15.3 Å². The van der Waals surface area contributed by atoms with Crippen molar-refractivity contribution in [3.63, 3.8) is 0 Å². The molecule has 0 aliphatic carbocycles. The van der Waals surface area contributed by atoms with Crippen LogP contribution in [0.5, 0.6) is 5.75 Å². The van der Waals surface area contributed by atoms with Gasteiger partial charge < -0.3 is 14.5 Å². The van der Waals surface area contributed by atoms with Gasteiger partial charge in [-0.25, -0.2) is 18.7 Å². The summed E-state index contributed by atoms with van der Waals surface area (Å²) in [7, 11) is 0. The van der Waals surface area contributed by atoms with E-state index in [0.29, 0.717) is 30.1 Å². The Labute approximate surface area is 169 Å². The molecule has 0 radical (unpaired) electrons. The number of rotatable bonds is 2. The van der Waals surface area contributed by atoms with Crippen LogP contribution in [0.1, 0.15) is 23.2 Å². The third kappa shape index (κ3) is 3.17. The van der Waals surface area contributed by atoms with Crippen molar-refractivity contribution in [2.75, 3.05) is 31.1 Å². The van der Waals surface area contributed by atoms with Crippen molar-refractivity contribution >= 4 is 22.9 Å².